The van der Waals surface area contributed by atoms with Crippen LogP contribution in [0.25, 0.3) is 0 Å². The molecule has 5 rings (SSSR count). The quantitative estimate of drug-likeness (QED) is 0.773. The molecule has 1 fully saturated rings. The number of amides is 2. The lowest BCUT2D eigenvalue weighted by molar-refractivity contribution is 0.167. The summed E-state index contributed by atoms with van der Waals surface area (Å²) in [5.74, 6) is -0.341. The van der Waals surface area contributed by atoms with Crippen LogP contribution in [0.1, 0.15) is 24.0 Å². The van der Waals surface area contributed by atoms with Gasteiger partial charge in [-0.3, -0.25) is 10.0 Å². The van der Waals surface area contributed by atoms with Gasteiger partial charge in [-0.15, -0.1) is 5.53 Å². The van der Waals surface area contributed by atoms with Crippen LogP contribution in [0, 0.1) is 5.82 Å². The van der Waals surface area contributed by atoms with E-state index in [1.165, 1.54) is 11.1 Å². The van der Waals surface area contributed by atoms with Crippen molar-refractivity contribution in [2.45, 2.75) is 12.8 Å². The number of hydrazine groups is 2. The number of rotatable bonds is 1. The molecule has 0 radical (unpaired) electrons. The molecular weight excluding hydrogens is 393 g/mol. The largest absolute Gasteiger partial charge is 0.340 e. The highest BCUT2D eigenvalue weighted by Gasteiger charge is 2.33. The average Bonchev–Trinajstić information content (AvgIpc) is 3.37. The number of halogens is 2. The third kappa shape index (κ3) is 3.16. The Morgan fingerprint density at radius 1 is 1.10 bits per heavy atom. The summed E-state index contributed by atoms with van der Waals surface area (Å²) in [7, 11) is 0. The summed E-state index contributed by atoms with van der Waals surface area (Å²) in [4.78, 5) is 19.3. The van der Waals surface area contributed by atoms with Crippen molar-refractivity contribution in [3.05, 3.63) is 76.3 Å². The van der Waals surface area contributed by atoms with Crippen LogP contribution in [0.5, 0.6) is 0 Å². The van der Waals surface area contributed by atoms with Gasteiger partial charge in [0.25, 0.3) is 0 Å². The van der Waals surface area contributed by atoms with Crippen molar-refractivity contribution >= 4 is 29.0 Å². The van der Waals surface area contributed by atoms with E-state index < -0.39 is 0 Å². The molecule has 2 aromatic carbocycles. The van der Waals surface area contributed by atoms with Crippen LogP contribution < -0.4 is 10.5 Å². The zero-order valence-corrected chi connectivity index (χ0v) is 16.4. The number of hydrogen-bond donors (Lipinski definition) is 1. The summed E-state index contributed by atoms with van der Waals surface area (Å²) in [6.45, 7) is 1.83. The molecule has 3 aliphatic heterocycles. The Morgan fingerprint density at radius 3 is 2.69 bits per heavy atom. The van der Waals surface area contributed by atoms with E-state index in [1.54, 1.807) is 36.5 Å². The SMILES string of the molecule is O=C(N1CCCC1)N1C=C2CN=C(c3ccccc3F)c3cc(Cl)ccc3N2N1. The van der Waals surface area contributed by atoms with Gasteiger partial charge in [-0.05, 0) is 43.2 Å². The molecule has 3 aliphatic rings. The molecule has 0 unspecified atom stereocenters. The number of hydrogen-bond acceptors (Lipinski definition) is 4. The number of fused-ring (bicyclic) bond motifs is 3. The van der Waals surface area contributed by atoms with E-state index in [4.69, 9.17) is 11.6 Å². The van der Waals surface area contributed by atoms with Crippen LogP contribution >= 0.6 is 11.6 Å². The maximum atomic E-state index is 14.5. The standard InChI is InChI=1S/C21H19ClFN5O/c22-14-7-8-19-17(11-14)20(16-5-1-2-6-18(16)23)24-12-15-13-27(25-28(15)19)21(29)26-9-3-4-10-26/h1-2,5-8,11,13,25H,3-4,9-10,12H2. The van der Waals surface area contributed by atoms with E-state index in [0.29, 0.717) is 28.4 Å². The molecule has 148 valence electrons. The lowest BCUT2D eigenvalue weighted by atomic mass is 10.00. The number of likely N-dealkylation sites (tertiary alicyclic amines) is 1. The minimum Gasteiger partial charge on any atom is -0.323 e. The van der Waals surface area contributed by atoms with Crippen molar-refractivity contribution in [3.8, 4) is 0 Å². The minimum atomic E-state index is -0.341. The number of nitrogens with zero attached hydrogens (tertiary/aromatic N) is 4. The Morgan fingerprint density at radius 2 is 1.90 bits per heavy atom. The van der Waals surface area contributed by atoms with E-state index in [2.05, 4.69) is 10.5 Å². The van der Waals surface area contributed by atoms with Crippen LogP contribution in [0.15, 0.2) is 59.4 Å². The molecule has 0 saturated carbocycles. The first-order valence-corrected chi connectivity index (χ1v) is 9.94. The van der Waals surface area contributed by atoms with Gasteiger partial charge in [0.05, 0.1) is 29.8 Å². The maximum Gasteiger partial charge on any atom is 0.340 e. The predicted octanol–water partition coefficient (Wildman–Crippen LogP) is 3.93. The normalized spacial score (nSPS) is 18.2. The summed E-state index contributed by atoms with van der Waals surface area (Å²) in [5.41, 5.74) is 6.36. The van der Waals surface area contributed by atoms with Crippen LogP contribution in [0.4, 0.5) is 14.9 Å². The van der Waals surface area contributed by atoms with Crippen molar-refractivity contribution in [1.82, 2.24) is 15.4 Å². The van der Waals surface area contributed by atoms with Gasteiger partial charge in [-0.1, -0.05) is 23.7 Å². The molecule has 0 atom stereocenters. The summed E-state index contributed by atoms with van der Waals surface area (Å²) >= 11 is 6.26. The first-order chi connectivity index (χ1) is 14.1. The third-order valence-corrected chi connectivity index (χ3v) is 5.57. The smallest absolute Gasteiger partial charge is 0.323 e. The Balaban J connectivity index is 1.56. The number of benzene rings is 2. The number of anilines is 1. The molecule has 1 saturated heterocycles. The Labute approximate surface area is 172 Å². The van der Waals surface area contributed by atoms with E-state index >= 15 is 0 Å². The molecule has 3 heterocycles. The van der Waals surface area contributed by atoms with Gasteiger partial charge in [0.2, 0.25) is 0 Å². The highest BCUT2D eigenvalue weighted by molar-refractivity contribution is 6.31. The van der Waals surface area contributed by atoms with Gasteiger partial charge in [0.15, 0.2) is 0 Å². The lowest BCUT2D eigenvalue weighted by Crippen LogP contribution is -2.48. The first kappa shape index (κ1) is 18.1. The molecule has 2 aromatic rings. The van der Waals surface area contributed by atoms with Gasteiger partial charge < -0.3 is 4.90 Å². The van der Waals surface area contributed by atoms with Crippen LogP contribution in [0.2, 0.25) is 5.02 Å². The minimum absolute atomic E-state index is 0.0862. The van der Waals surface area contributed by atoms with Gasteiger partial charge in [-0.2, -0.15) is 0 Å². The van der Waals surface area contributed by atoms with Crippen LogP contribution in [-0.2, 0) is 0 Å². The van der Waals surface area contributed by atoms with Crippen molar-refractivity contribution in [3.63, 3.8) is 0 Å². The second-order valence-corrected chi connectivity index (χ2v) is 7.65. The Bertz CT molecular complexity index is 1050. The van der Waals surface area contributed by atoms with E-state index in [1.807, 2.05) is 16.0 Å². The van der Waals surface area contributed by atoms with Crippen molar-refractivity contribution in [1.29, 1.82) is 0 Å². The highest BCUT2D eigenvalue weighted by Crippen LogP contribution is 2.33. The molecule has 29 heavy (non-hydrogen) atoms. The predicted molar refractivity (Wildman–Crippen MR) is 110 cm³/mol. The van der Waals surface area contributed by atoms with Crippen LogP contribution in [0.3, 0.4) is 0 Å². The van der Waals surface area contributed by atoms with E-state index in [0.717, 1.165) is 37.3 Å². The molecular formula is C21H19ClFN5O. The van der Waals surface area contributed by atoms with Crippen molar-refractivity contribution in [2.75, 3.05) is 24.6 Å². The summed E-state index contributed by atoms with van der Waals surface area (Å²) in [6.07, 6.45) is 3.81. The molecule has 8 heteroatoms. The van der Waals surface area contributed by atoms with Gasteiger partial charge >= 0.3 is 6.03 Å². The fourth-order valence-corrected chi connectivity index (χ4v) is 4.08. The molecule has 0 aromatic heterocycles. The zero-order valence-electron chi connectivity index (χ0n) is 15.6. The van der Waals surface area contributed by atoms with E-state index in [9.17, 15) is 9.18 Å². The molecule has 1 N–H and O–H groups in total. The molecule has 6 nitrogen and oxygen atoms in total. The number of urea groups is 1. The number of carbonyl (C=O) groups excluding carboxylic acids is 1. The van der Waals surface area contributed by atoms with Crippen molar-refractivity contribution < 1.29 is 9.18 Å². The molecule has 2 amide bonds. The second kappa shape index (κ2) is 7.17. The fraction of sp³-hybridized carbons (Fsp3) is 0.238. The lowest BCUT2D eigenvalue weighted by Gasteiger charge is -2.27. The van der Waals surface area contributed by atoms with Crippen molar-refractivity contribution in [2.24, 2.45) is 4.99 Å². The van der Waals surface area contributed by atoms with E-state index in [-0.39, 0.29) is 11.8 Å². The monoisotopic (exact) mass is 411 g/mol. The Hall–Kier alpha value is -2.90. The molecule has 0 bridgehead atoms. The fourth-order valence-electron chi connectivity index (χ4n) is 3.91. The average molecular weight is 412 g/mol. The highest BCUT2D eigenvalue weighted by atomic mass is 35.5. The molecule has 0 aliphatic carbocycles. The number of carbonyl (C=O) groups is 1. The summed E-state index contributed by atoms with van der Waals surface area (Å²) in [6, 6.07) is 11.9. The number of aliphatic imine (C=N–C) groups is 1. The van der Waals surface area contributed by atoms with Gasteiger partial charge in [0, 0.05) is 29.2 Å². The van der Waals surface area contributed by atoms with Crippen LogP contribution in [-0.4, -0.2) is 41.3 Å². The first-order valence-electron chi connectivity index (χ1n) is 9.56. The molecule has 0 spiro atoms. The zero-order chi connectivity index (χ0) is 20.0. The summed E-state index contributed by atoms with van der Waals surface area (Å²) in [5, 5.41) is 3.84. The Kier molecular flexibility index (Phi) is 4.49. The summed E-state index contributed by atoms with van der Waals surface area (Å²) < 4.78 is 14.5. The van der Waals surface area contributed by atoms with Gasteiger partial charge in [-0.25, -0.2) is 14.2 Å². The van der Waals surface area contributed by atoms with Gasteiger partial charge in [0.1, 0.15) is 5.82 Å². The second-order valence-electron chi connectivity index (χ2n) is 7.21. The number of nitrogens with one attached hydrogen (secondary N) is 1. The third-order valence-electron chi connectivity index (χ3n) is 5.34. The topological polar surface area (TPSA) is 51.2 Å². The maximum absolute atomic E-state index is 14.5.